The van der Waals surface area contributed by atoms with Crippen LogP contribution in [0.4, 0.5) is 4.79 Å². The van der Waals surface area contributed by atoms with Crippen LogP contribution in [0.25, 0.3) is 0 Å². The average molecular weight is 344 g/mol. The van der Waals surface area contributed by atoms with Crippen LogP contribution in [-0.2, 0) is 16.0 Å². The van der Waals surface area contributed by atoms with Gasteiger partial charge in [-0.05, 0) is 44.9 Å². The lowest BCUT2D eigenvalue weighted by atomic mass is 10.1. The molecule has 0 bridgehead atoms. The molecule has 1 amide bonds. The Bertz CT molecular complexity index is 662. The van der Waals surface area contributed by atoms with Crippen molar-refractivity contribution in [2.75, 3.05) is 0 Å². The summed E-state index contributed by atoms with van der Waals surface area (Å²) in [6, 6.07) is 8.52. The summed E-state index contributed by atoms with van der Waals surface area (Å²) in [5, 5.41) is 12.5. The van der Waals surface area contributed by atoms with E-state index < -0.39 is 29.9 Å². The van der Waals surface area contributed by atoms with Gasteiger partial charge in [0, 0.05) is 6.20 Å². The Hall–Kier alpha value is -2.60. The van der Waals surface area contributed by atoms with Crippen LogP contribution in [0.1, 0.15) is 26.3 Å². The summed E-state index contributed by atoms with van der Waals surface area (Å²) in [6.07, 6.45) is 5.96. The molecule has 0 radical (unpaired) electrons. The highest BCUT2D eigenvalue weighted by Gasteiger charge is 2.30. The maximum absolute atomic E-state index is 12.4. The molecule has 0 aromatic heterocycles. The Balaban J connectivity index is 2.10. The molecular weight excluding hydrogens is 320 g/mol. The first-order valence-corrected chi connectivity index (χ1v) is 8.15. The topological polar surface area (TPSA) is 78.9 Å². The van der Waals surface area contributed by atoms with Gasteiger partial charge in [-0.3, -0.25) is 15.0 Å². The van der Waals surface area contributed by atoms with Gasteiger partial charge in [-0.2, -0.15) is 0 Å². The second-order valence-electron chi connectivity index (χ2n) is 6.81. The van der Waals surface area contributed by atoms with Crippen molar-refractivity contribution in [3.05, 3.63) is 60.3 Å². The highest BCUT2D eigenvalue weighted by molar-refractivity contribution is 5.74. The van der Waals surface area contributed by atoms with Gasteiger partial charge in [0.05, 0.1) is 0 Å². The fraction of sp³-hybridized carbons (Fsp3) is 0.368. The summed E-state index contributed by atoms with van der Waals surface area (Å²) < 4.78 is 5.38. The summed E-state index contributed by atoms with van der Waals surface area (Å²) in [5.74, 6) is -0.976. The summed E-state index contributed by atoms with van der Waals surface area (Å²) in [5.41, 5.74) is 0.272. The summed E-state index contributed by atoms with van der Waals surface area (Å²) in [7, 11) is 0. The average Bonchev–Trinajstić information content (AvgIpc) is 2.54. The Morgan fingerprint density at radius 3 is 2.52 bits per heavy atom. The van der Waals surface area contributed by atoms with Crippen molar-refractivity contribution in [3.63, 3.8) is 0 Å². The second kappa shape index (κ2) is 7.98. The van der Waals surface area contributed by atoms with Crippen LogP contribution in [0.3, 0.4) is 0 Å². The van der Waals surface area contributed by atoms with Crippen molar-refractivity contribution in [3.8, 4) is 0 Å². The Labute approximate surface area is 147 Å². The molecule has 0 aliphatic carbocycles. The predicted molar refractivity (Wildman–Crippen MR) is 94.8 cm³/mol. The van der Waals surface area contributed by atoms with Crippen LogP contribution in [0.15, 0.2) is 54.8 Å². The molecule has 134 valence electrons. The van der Waals surface area contributed by atoms with Crippen molar-refractivity contribution in [1.29, 1.82) is 0 Å². The summed E-state index contributed by atoms with van der Waals surface area (Å²) >= 11 is 0. The number of aliphatic carboxylic acids is 1. The van der Waals surface area contributed by atoms with E-state index in [1.54, 1.807) is 45.2 Å². The van der Waals surface area contributed by atoms with Crippen LogP contribution in [0.5, 0.6) is 0 Å². The predicted octanol–water partition coefficient (Wildman–Crippen LogP) is 2.92. The Morgan fingerprint density at radius 1 is 1.24 bits per heavy atom. The molecule has 2 rings (SSSR count). The van der Waals surface area contributed by atoms with E-state index in [1.165, 1.54) is 4.90 Å². The third kappa shape index (κ3) is 5.76. The number of carboxylic acids is 1. The van der Waals surface area contributed by atoms with Gasteiger partial charge in [0.15, 0.2) is 0 Å². The van der Waals surface area contributed by atoms with E-state index in [0.29, 0.717) is 6.42 Å². The number of amides is 1. The molecule has 1 aromatic rings. The minimum Gasteiger partial charge on any atom is -0.480 e. The molecule has 0 saturated heterocycles. The third-order valence-corrected chi connectivity index (χ3v) is 3.51. The van der Waals surface area contributed by atoms with Crippen LogP contribution < -0.4 is 5.32 Å². The van der Waals surface area contributed by atoms with Crippen LogP contribution in [0.2, 0.25) is 0 Å². The minimum atomic E-state index is -0.976. The standard InChI is InChI=1S/C19H24N2O4/c1-19(2,3)25-18(24)21-12-8-7-11-16(21)20-15(17(22)23)13-14-9-5-4-6-10-14/h4-12,15-16,20H,13H2,1-3H3,(H,22,23)/t15?,16-/m0/s1. The molecule has 0 spiro atoms. The lowest BCUT2D eigenvalue weighted by Gasteiger charge is -2.33. The molecule has 1 unspecified atom stereocenters. The number of hydrogen-bond acceptors (Lipinski definition) is 4. The number of rotatable bonds is 5. The van der Waals surface area contributed by atoms with Crippen LogP contribution in [0, 0.1) is 0 Å². The molecule has 25 heavy (non-hydrogen) atoms. The first kappa shape index (κ1) is 18.7. The maximum Gasteiger partial charge on any atom is 0.415 e. The third-order valence-electron chi connectivity index (χ3n) is 3.51. The fourth-order valence-corrected chi connectivity index (χ4v) is 2.40. The van der Waals surface area contributed by atoms with Crippen molar-refractivity contribution >= 4 is 12.1 Å². The van der Waals surface area contributed by atoms with Crippen LogP contribution in [-0.4, -0.2) is 39.9 Å². The smallest absolute Gasteiger partial charge is 0.415 e. The van der Waals surface area contributed by atoms with E-state index in [-0.39, 0.29) is 0 Å². The van der Waals surface area contributed by atoms with E-state index >= 15 is 0 Å². The molecule has 1 aliphatic heterocycles. The van der Waals surface area contributed by atoms with Gasteiger partial charge in [-0.1, -0.05) is 36.4 Å². The first-order valence-electron chi connectivity index (χ1n) is 8.15. The number of nitrogens with zero attached hydrogens (tertiary/aromatic N) is 1. The molecule has 0 saturated carbocycles. The van der Waals surface area contributed by atoms with E-state index in [1.807, 2.05) is 30.3 Å². The molecule has 1 aliphatic rings. The fourth-order valence-electron chi connectivity index (χ4n) is 2.40. The number of carboxylic acid groups (broad SMARTS) is 1. The Morgan fingerprint density at radius 2 is 1.92 bits per heavy atom. The zero-order valence-corrected chi connectivity index (χ0v) is 14.7. The lowest BCUT2D eigenvalue weighted by Crippen LogP contribution is -2.53. The molecule has 0 fully saturated rings. The number of carbonyl (C=O) groups is 2. The summed E-state index contributed by atoms with van der Waals surface area (Å²) in [6.45, 7) is 5.35. The van der Waals surface area contributed by atoms with E-state index in [0.717, 1.165) is 5.56 Å². The Kier molecular flexibility index (Phi) is 5.98. The van der Waals surface area contributed by atoms with Gasteiger partial charge in [0.25, 0.3) is 0 Å². The van der Waals surface area contributed by atoms with Gasteiger partial charge >= 0.3 is 12.1 Å². The van der Waals surface area contributed by atoms with Crippen molar-refractivity contribution in [2.45, 2.75) is 45.0 Å². The minimum absolute atomic E-state index is 0.312. The second-order valence-corrected chi connectivity index (χ2v) is 6.81. The monoisotopic (exact) mass is 344 g/mol. The maximum atomic E-state index is 12.4. The molecule has 6 heteroatoms. The van der Waals surface area contributed by atoms with Gasteiger partial charge in [-0.15, -0.1) is 0 Å². The van der Waals surface area contributed by atoms with Crippen molar-refractivity contribution < 1.29 is 19.4 Å². The molecule has 2 N–H and O–H groups in total. The number of hydrogen-bond donors (Lipinski definition) is 2. The number of allylic oxidation sites excluding steroid dienone is 2. The first-order chi connectivity index (χ1) is 11.8. The largest absolute Gasteiger partial charge is 0.480 e. The number of nitrogens with one attached hydrogen (secondary N) is 1. The van der Waals surface area contributed by atoms with Crippen molar-refractivity contribution in [1.82, 2.24) is 10.2 Å². The highest BCUT2D eigenvalue weighted by Crippen LogP contribution is 2.15. The normalized spacial score (nSPS) is 18.0. The molecule has 1 aromatic carbocycles. The highest BCUT2D eigenvalue weighted by atomic mass is 16.6. The molecule has 2 atom stereocenters. The van der Waals surface area contributed by atoms with E-state index in [9.17, 15) is 14.7 Å². The zero-order valence-electron chi connectivity index (χ0n) is 14.7. The molecule has 1 heterocycles. The molecule has 6 nitrogen and oxygen atoms in total. The quantitative estimate of drug-likeness (QED) is 0.859. The van der Waals surface area contributed by atoms with Gasteiger partial charge in [0.2, 0.25) is 0 Å². The number of carbonyl (C=O) groups excluding carboxylic acids is 1. The van der Waals surface area contributed by atoms with Crippen molar-refractivity contribution in [2.24, 2.45) is 0 Å². The number of benzene rings is 1. The van der Waals surface area contributed by atoms with Gasteiger partial charge in [0.1, 0.15) is 17.8 Å². The lowest BCUT2D eigenvalue weighted by molar-refractivity contribution is -0.139. The van der Waals surface area contributed by atoms with E-state index in [2.05, 4.69) is 5.32 Å². The SMILES string of the molecule is CC(C)(C)OC(=O)N1C=CC=C[C@H]1NC(Cc1ccccc1)C(=O)O. The van der Waals surface area contributed by atoms with Gasteiger partial charge < -0.3 is 9.84 Å². The molecular formula is C19H24N2O4. The van der Waals surface area contributed by atoms with Crippen LogP contribution >= 0.6 is 0 Å². The summed E-state index contributed by atoms with van der Waals surface area (Å²) in [4.78, 5) is 25.4. The zero-order chi connectivity index (χ0) is 18.4. The van der Waals surface area contributed by atoms with Gasteiger partial charge in [-0.25, -0.2) is 4.79 Å². The number of ether oxygens (including phenoxy) is 1. The van der Waals surface area contributed by atoms with E-state index in [4.69, 9.17) is 4.74 Å².